The minimum absolute atomic E-state index is 1.03. The quantitative estimate of drug-likeness (QED) is 0.513. The summed E-state index contributed by atoms with van der Waals surface area (Å²) in [6, 6.07) is 23.2. The molecule has 0 bridgehead atoms. The van der Waals surface area contributed by atoms with Gasteiger partial charge in [-0.3, -0.25) is 0 Å². The summed E-state index contributed by atoms with van der Waals surface area (Å²) in [5, 5.41) is 0. The fourth-order valence-corrected chi connectivity index (χ4v) is 1.39. The van der Waals surface area contributed by atoms with Crippen LogP contribution in [-0.2, 0) is 0 Å². The van der Waals surface area contributed by atoms with Crippen LogP contribution in [0.3, 0.4) is 0 Å². The van der Waals surface area contributed by atoms with E-state index >= 15 is 0 Å². The first-order valence-corrected chi connectivity index (χ1v) is 5.22. The fraction of sp³-hybridized carbons (Fsp3) is 0.0667. The van der Waals surface area contributed by atoms with E-state index < -0.39 is 0 Å². The van der Waals surface area contributed by atoms with Crippen LogP contribution in [0, 0.1) is 12.0 Å². The molecule has 0 fully saturated rings. The Kier molecular flexibility index (Phi) is 3.25. The standard InChI is InChI=1S/C15H13N/c1-16(15-10-6-3-7-11-15)13-12-14-8-4-2-5-9-14/h2-11H,1H3. The Morgan fingerprint density at radius 3 is 2.00 bits per heavy atom. The van der Waals surface area contributed by atoms with E-state index in [1.807, 2.05) is 72.6 Å². The van der Waals surface area contributed by atoms with Gasteiger partial charge in [-0.2, -0.15) is 0 Å². The van der Waals surface area contributed by atoms with Crippen LogP contribution in [0.5, 0.6) is 0 Å². The van der Waals surface area contributed by atoms with E-state index in [9.17, 15) is 0 Å². The van der Waals surface area contributed by atoms with Gasteiger partial charge in [-0.15, -0.1) is 0 Å². The Hall–Kier alpha value is -2.20. The summed E-state index contributed by atoms with van der Waals surface area (Å²) in [5.74, 6) is 3.12. The molecular formula is C15H13N. The normalized spacial score (nSPS) is 9.06. The molecule has 2 aromatic carbocycles. The van der Waals surface area contributed by atoms with Gasteiger partial charge in [-0.05, 0) is 30.2 Å². The molecule has 2 rings (SSSR count). The Labute approximate surface area is 96.3 Å². The van der Waals surface area contributed by atoms with Crippen LogP contribution in [-0.4, -0.2) is 7.05 Å². The van der Waals surface area contributed by atoms with E-state index in [-0.39, 0.29) is 0 Å². The number of para-hydroxylation sites is 1. The molecule has 0 heterocycles. The van der Waals surface area contributed by atoms with Crippen molar-refractivity contribution in [2.24, 2.45) is 0 Å². The SMILES string of the molecule is CN(C#Cc1ccccc1)c1ccccc1. The molecule has 0 aliphatic carbocycles. The van der Waals surface area contributed by atoms with Crippen molar-refractivity contribution in [1.82, 2.24) is 0 Å². The maximum atomic E-state index is 3.12. The molecule has 78 valence electrons. The molecule has 0 aliphatic rings. The van der Waals surface area contributed by atoms with Gasteiger partial charge in [0, 0.05) is 24.3 Å². The highest BCUT2D eigenvalue weighted by Gasteiger charge is 1.93. The third-order valence-electron chi connectivity index (χ3n) is 2.29. The first kappa shape index (κ1) is 10.3. The van der Waals surface area contributed by atoms with Gasteiger partial charge >= 0.3 is 0 Å². The van der Waals surface area contributed by atoms with Crippen molar-refractivity contribution in [1.29, 1.82) is 0 Å². The molecule has 2 aromatic rings. The molecule has 0 spiro atoms. The van der Waals surface area contributed by atoms with Crippen LogP contribution in [0.4, 0.5) is 5.69 Å². The molecule has 0 saturated heterocycles. The molecule has 0 radical (unpaired) electrons. The highest BCUT2D eigenvalue weighted by Crippen LogP contribution is 2.09. The number of rotatable bonds is 1. The summed E-state index contributed by atoms with van der Waals surface area (Å²) < 4.78 is 0. The van der Waals surface area contributed by atoms with E-state index in [2.05, 4.69) is 12.0 Å². The number of hydrogen-bond acceptors (Lipinski definition) is 1. The van der Waals surface area contributed by atoms with Crippen molar-refractivity contribution in [3.05, 3.63) is 66.2 Å². The van der Waals surface area contributed by atoms with Crippen LogP contribution in [0.25, 0.3) is 0 Å². The van der Waals surface area contributed by atoms with Crippen molar-refractivity contribution in [2.75, 3.05) is 11.9 Å². The molecule has 1 heteroatoms. The van der Waals surface area contributed by atoms with Crippen LogP contribution < -0.4 is 4.90 Å². The second-order valence-electron chi connectivity index (χ2n) is 3.50. The van der Waals surface area contributed by atoms with Gasteiger partial charge in [0.15, 0.2) is 0 Å². The van der Waals surface area contributed by atoms with Crippen molar-refractivity contribution < 1.29 is 0 Å². The summed E-state index contributed by atoms with van der Waals surface area (Å²) >= 11 is 0. The lowest BCUT2D eigenvalue weighted by Gasteiger charge is -2.09. The van der Waals surface area contributed by atoms with E-state index in [1.54, 1.807) is 0 Å². The fourth-order valence-electron chi connectivity index (χ4n) is 1.39. The third-order valence-corrected chi connectivity index (χ3v) is 2.29. The minimum Gasteiger partial charge on any atom is -0.304 e. The second kappa shape index (κ2) is 5.04. The highest BCUT2D eigenvalue weighted by molar-refractivity contribution is 5.52. The molecule has 0 aromatic heterocycles. The maximum absolute atomic E-state index is 3.12. The summed E-state index contributed by atoms with van der Waals surface area (Å²) in [6.07, 6.45) is 0. The Morgan fingerprint density at radius 1 is 0.812 bits per heavy atom. The van der Waals surface area contributed by atoms with Gasteiger partial charge in [-0.1, -0.05) is 36.4 Å². The largest absolute Gasteiger partial charge is 0.304 e. The third kappa shape index (κ3) is 2.65. The zero-order valence-electron chi connectivity index (χ0n) is 9.22. The van der Waals surface area contributed by atoms with Crippen LogP contribution in [0.1, 0.15) is 5.56 Å². The first-order valence-electron chi connectivity index (χ1n) is 5.22. The Bertz CT molecular complexity index is 491. The summed E-state index contributed by atoms with van der Waals surface area (Å²) in [7, 11) is 1.96. The van der Waals surface area contributed by atoms with Gasteiger partial charge in [0.25, 0.3) is 0 Å². The minimum atomic E-state index is 1.03. The molecule has 0 aliphatic heterocycles. The molecule has 16 heavy (non-hydrogen) atoms. The summed E-state index contributed by atoms with van der Waals surface area (Å²) in [6.45, 7) is 0. The van der Waals surface area contributed by atoms with E-state index in [1.165, 1.54) is 0 Å². The highest BCUT2D eigenvalue weighted by atomic mass is 15.1. The van der Waals surface area contributed by atoms with Gasteiger partial charge in [0.2, 0.25) is 0 Å². The van der Waals surface area contributed by atoms with E-state index in [0.717, 1.165) is 11.3 Å². The molecule has 0 saturated carbocycles. The molecular weight excluding hydrogens is 194 g/mol. The second-order valence-corrected chi connectivity index (χ2v) is 3.50. The Balaban J connectivity index is 2.15. The van der Waals surface area contributed by atoms with Gasteiger partial charge < -0.3 is 4.90 Å². The first-order chi connectivity index (χ1) is 7.86. The lowest BCUT2D eigenvalue weighted by atomic mass is 10.2. The number of nitrogens with zero attached hydrogens (tertiary/aromatic N) is 1. The average Bonchev–Trinajstić information content (AvgIpc) is 2.38. The maximum Gasteiger partial charge on any atom is 0.0485 e. The van der Waals surface area contributed by atoms with Crippen molar-refractivity contribution >= 4 is 5.69 Å². The van der Waals surface area contributed by atoms with Crippen LogP contribution in [0.2, 0.25) is 0 Å². The predicted molar refractivity (Wildman–Crippen MR) is 68.2 cm³/mol. The number of hydrogen-bond donors (Lipinski definition) is 0. The van der Waals surface area contributed by atoms with E-state index in [4.69, 9.17) is 0 Å². The van der Waals surface area contributed by atoms with Gasteiger partial charge in [0.05, 0.1) is 0 Å². The topological polar surface area (TPSA) is 3.24 Å². The molecule has 0 unspecified atom stereocenters. The van der Waals surface area contributed by atoms with Crippen molar-refractivity contribution in [3.8, 4) is 12.0 Å². The molecule has 0 amide bonds. The lowest BCUT2D eigenvalue weighted by molar-refractivity contribution is 1.25. The smallest absolute Gasteiger partial charge is 0.0485 e. The van der Waals surface area contributed by atoms with E-state index in [0.29, 0.717) is 0 Å². The molecule has 0 N–H and O–H groups in total. The monoisotopic (exact) mass is 207 g/mol. The van der Waals surface area contributed by atoms with Crippen LogP contribution in [0.15, 0.2) is 60.7 Å². The number of benzene rings is 2. The van der Waals surface area contributed by atoms with Crippen LogP contribution >= 0.6 is 0 Å². The van der Waals surface area contributed by atoms with Gasteiger partial charge in [0.1, 0.15) is 0 Å². The van der Waals surface area contributed by atoms with Gasteiger partial charge in [-0.25, -0.2) is 0 Å². The molecule has 0 atom stereocenters. The van der Waals surface area contributed by atoms with Crippen molar-refractivity contribution in [3.63, 3.8) is 0 Å². The zero-order chi connectivity index (χ0) is 11.2. The summed E-state index contributed by atoms with van der Waals surface area (Å²) in [5.41, 5.74) is 2.14. The zero-order valence-corrected chi connectivity index (χ0v) is 9.22. The average molecular weight is 207 g/mol. The lowest BCUT2D eigenvalue weighted by Crippen LogP contribution is -2.08. The predicted octanol–water partition coefficient (Wildman–Crippen LogP) is 3.13. The molecule has 1 nitrogen and oxygen atoms in total. The summed E-state index contributed by atoms with van der Waals surface area (Å²) in [4.78, 5) is 1.92. The Morgan fingerprint density at radius 2 is 1.38 bits per heavy atom. The number of anilines is 1. The van der Waals surface area contributed by atoms with Crippen molar-refractivity contribution in [2.45, 2.75) is 0 Å².